The Bertz CT molecular complexity index is 757. The summed E-state index contributed by atoms with van der Waals surface area (Å²) in [5, 5.41) is 24.8. The highest BCUT2D eigenvalue weighted by Gasteiger charge is 2.22. The number of hydrogen-bond acceptors (Lipinski definition) is 6. The summed E-state index contributed by atoms with van der Waals surface area (Å²) in [7, 11) is 0. The molecule has 1 atom stereocenters. The van der Waals surface area contributed by atoms with Crippen molar-refractivity contribution in [2.45, 2.75) is 19.4 Å². The Morgan fingerprint density at radius 1 is 1.50 bits per heavy atom. The standard InChI is InChI=1S/C14H16N6O3.ClH/c1-9-13(14(21)16-10-5-6-15-8-10)17-18-19(9)11-3-2-4-12(7-11)20(22)23;/h2-4,7,10,15H,5-6,8H2,1H3,(H,16,21);1H. The first-order valence-electron chi connectivity index (χ1n) is 7.25. The van der Waals surface area contributed by atoms with Crippen LogP contribution in [0.2, 0.25) is 0 Å². The molecule has 24 heavy (non-hydrogen) atoms. The van der Waals surface area contributed by atoms with Gasteiger partial charge >= 0.3 is 0 Å². The molecule has 2 N–H and O–H groups in total. The van der Waals surface area contributed by atoms with Gasteiger partial charge in [-0.2, -0.15) is 0 Å². The quantitative estimate of drug-likeness (QED) is 0.626. The first-order chi connectivity index (χ1) is 11.1. The van der Waals surface area contributed by atoms with Crippen LogP contribution in [0.3, 0.4) is 0 Å². The first-order valence-corrected chi connectivity index (χ1v) is 7.25. The molecule has 1 aliphatic rings. The molecular weight excluding hydrogens is 336 g/mol. The number of hydrogen-bond donors (Lipinski definition) is 2. The van der Waals surface area contributed by atoms with Crippen molar-refractivity contribution in [2.75, 3.05) is 13.1 Å². The van der Waals surface area contributed by atoms with Crippen LogP contribution in [-0.4, -0.2) is 45.0 Å². The van der Waals surface area contributed by atoms with Crippen molar-refractivity contribution in [3.05, 3.63) is 45.8 Å². The van der Waals surface area contributed by atoms with Crippen molar-refractivity contribution in [1.82, 2.24) is 25.6 Å². The summed E-state index contributed by atoms with van der Waals surface area (Å²) in [5.74, 6) is -0.284. The molecular formula is C14H17ClN6O3. The average Bonchev–Trinajstić information content (AvgIpc) is 3.17. The third kappa shape index (κ3) is 3.52. The van der Waals surface area contributed by atoms with Gasteiger partial charge in [-0.1, -0.05) is 11.3 Å². The van der Waals surface area contributed by atoms with Crippen LogP contribution in [0.15, 0.2) is 24.3 Å². The van der Waals surface area contributed by atoms with E-state index in [1.807, 2.05) is 0 Å². The number of nitrogens with zero attached hydrogens (tertiary/aromatic N) is 4. The van der Waals surface area contributed by atoms with Crippen LogP contribution in [0, 0.1) is 17.0 Å². The molecule has 10 heteroatoms. The lowest BCUT2D eigenvalue weighted by Crippen LogP contribution is -2.36. The van der Waals surface area contributed by atoms with Gasteiger partial charge in [0.15, 0.2) is 5.69 Å². The molecule has 0 spiro atoms. The van der Waals surface area contributed by atoms with Crippen molar-refractivity contribution in [1.29, 1.82) is 0 Å². The van der Waals surface area contributed by atoms with Gasteiger partial charge in [0.25, 0.3) is 11.6 Å². The maximum atomic E-state index is 12.3. The minimum absolute atomic E-state index is 0. The summed E-state index contributed by atoms with van der Waals surface area (Å²) in [6, 6.07) is 6.13. The molecule has 2 heterocycles. The molecule has 1 fully saturated rings. The third-order valence-corrected chi connectivity index (χ3v) is 3.79. The van der Waals surface area contributed by atoms with E-state index in [4.69, 9.17) is 0 Å². The van der Waals surface area contributed by atoms with Crippen molar-refractivity contribution >= 4 is 24.0 Å². The number of nitro groups is 1. The smallest absolute Gasteiger partial charge is 0.274 e. The van der Waals surface area contributed by atoms with Crippen LogP contribution in [0.1, 0.15) is 22.6 Å². The second kappa shape index (κ2) is 7.37. The summed E-state index contributed by atoms with van der Waals surface area (Å²) >= 11 is 0. The number of nitrogens with one attached hydrogen (secondary N) is 2. The van der Waals surface area contributed by atoms with E-state index in [0.717, 1.165) is 19.5 Å². The second-order valence-corrected chi connectivity index (χ2v) is 5.38. The van der Waals surface area contributed by atoms with Crippen molar-refractivity contribution in [2.24, 2.45) is 0 Å². The zero-order valence-electron chi connectivity index (χ0n) is 12.9. The molecule has 0 radical (unpaired) electrons. The van der Waals surface area contributed by atoms with Crippen LogP contribution in [-0.2, 0) is 0 Å². The summed E-state index contributed by atoms with van der Waals surface area (Å²) < 4.78 is 1.43. The monoisotopic (exact) mass is 352 g/mol. The van der Waals surface area contributed by atoms with Gasteiger partial charge in [0.05, 0.1) is 16.3 Å². The van der Waals surface area contributed by atoms with Crippen LogP contribution < -0.4 is 10.6 Å². The molecule has 3 rings (SSSR count). The molecule has 1 unspecified atom stereocenters. The van der Waals surface area contributed by atoms with Crippen LogP contribution in [0.4, 0.5) is 5.69 Å². The Kier molecular flexibility index (Phi) is 5.47. The second-order valence-electron chi connectivity index (χ2n) is 5.38. The van der Waals surface area contributed by atoms with Gasteiger partial charge in [-0.25, -0.2) is 4.68 Å². The lowest BCUT2D eigenvalue weighted by atomic mass is 10.2. The highest BCUT2D eigenvalue weighted by Crippen LogP contribution is 2.18. The minimum Gasteiger partial charge on any atom is -0.347 e. The maximum Gasteiger partial charge on any atom is 0.274 e. The largest absolute Gasteiger partial charge is 0.347 e. The van der Waals surface area contributed by atoms with E-state index in [-0.39, 0.29) is 35.7 Å². The number of non-ortho nitro benzene ring substituents is 1. The van der Waals surface area contributed by atoms with Gasteiger partial charge in [0.2, 0.25) is 0 Å². The zero-order valence-corrected chi connectivity index (χ0v) is 13.7. The van der Waals surface area contributed by atoms with Gasteiger partial charge in [0, 0.05) is 24.7 Å². The molecule has 1 saturated heterocycles. The van der Waals surface area contributed by atoms with E-state index < -0.39 is 4.92 Å². The fourth-order valence-corrected chi connectivity index (χ4v) is 2.55. The fraction of sp³-hybridized carbons (Fsp3) is 0.357. The van der Waals surface area contributed by atoms with E-state index in [1.54, 1.807) is 19.1 Å². The maximum absolute atomic E-state index is 12.3. The highest BCUT2D eigenvalue weighted by atomic mass is 35.5. The molecule has 1 aromatic heterocycles. The molecule has 0 bridgehead atoms. The van der Waals surface area contributed by atoms with E-state index >= 15 is 0 Å². The minimum atomic E-state index is -0.476. The van der Waals surface area contributed by atoms with Gasteiger partial charge in [-0.3, -0.25) is 14.9 Å². The van der Waals surface area contributed by atoms with Gasteiger partial charge in [0.1, 0.15) is 0 Å². The van der Waals surface area contributed by atoms with E-state index in [9.17, 15) is 14.9 Å². The Hall–Kier alpha value is -2.52. The normalized spacial score (nSPS) is 16.5. The molecule has 0 aliphatic carbocycles. The lowest BCUT2D eigenvalue weighted by molar-refractivity contribution is -0.384. The SMILES string of the molecule is Cc1c(C(=O)NC2CCNC2)nnn1-c1cccc([N+](=O)[O-])c1.Cl. The molecule has 9 nitrogen and oxygen atoms in total. The Morgan fingerprint density at radius 3 is 2.96 bits per heavy atom. The number of carbonyl (C=O) groups is 1. The third-order valence-electron chi connectivity index (χ3n) is 3.79. The van der Waals surface area contributed by atoms with Gasteiger partial charge in [-0.05, 0) is 26.0 Å². The predicted molar refractivity (Wildman–Crippen MR) is 88.7 cm³/mol. The molecule has 0 saturated carbocycles. The summed E-state index contributed by atoms with van der Waals surface area (Å²) in [4.78, 5) is 22.7. The van der Waals surface area contributed by atoms with Gasteiger partial charge < -0.3 is 10.6 Å². The summed E-state index contributed by atoms with van der Waals surface area (Å²) in [6.45, 7) is 3.33. The predicted octanol–water partition coefficient (Wildman–Crippen LogP) is 0.997. The number of rotatable bonds is 4. The average molecular weight is 353 g/mol. The van der Waals surface area contributed by atoms with Crippen molar-refractivity contribution in [3.63, 3.8) is 0 Å². The Labute approximate surface area is 144 Å². The number of benzene rings is 1. The highest BCUT2D eigenvalue weighted by molar-refractivity contribution is 5.93. The molecule has 1 aliphatic heterocycles. The Morgan fingerprint density at radius 2 is 2.29 bits per heavy atom. The van der Waals surface area contributed by atoms with E-state index in [0.29, 0.717) is 11.4 Å². The van der Waals surface area contributed by atoms with Crippen molar-refractivity contribution < 1.29 is 9.72 Å². The molecule has 1 aromatic carbocycles. The lowest BCUT2D eigenvalue weighted by Gasteiger charge is -2.10. The molecule has 1 amide bonds. The first kappa shape index (κ1) is 17.8. The van der Waals surface area contributed by atoms with Crippen LogP contribution in [0.5, 0.6) is 0 Å². The number of nitro benzene ring substituents is 1. The van der Waals surface area contributed by atoms with Crippen LogP contribution in [0.25, 0.3) is 5.69 Å². The van der Waals surface area contributed by atoms with Crippen LogP contribution >= 0.6 is 12.4 Å². The van der Waals surface area contributed by atoms with Crippen molar-refractivity contribution in [3.8, 4) is 5.69 Å². The topological polar surface area (TPSA) is 115 Å². The van der Waals surface area contributed by atoms with Gasteiger partial charge in [-0.15, -0.1) is 17.5 Å². The zero-order chi connectivity index (χ0) is 16.4. The number of carbonyl (C=O) groups excluding carboxylic acids is 1. The van der Waals surface area contributed by atoms with E-state index in [2.05, 4.69) is 20.9 Å². The Balaban J connectivity index is 0.00000208. The van der Waals surface area contributed by atoms with E-state index in [1.165, 1.54) is 16.8 Å². The number of aromatic nitrogens is 3. The molecule has 2 aromatic rings. The summed E-state index contributed by atoms with van der Waals surface area (Å²) in [5.41, 5.74) is 1.21. The number of amides is 1. The summed E-state index contributed by atoms with van der Waals surface area (Å²) in [6.07, 6.45) is 0.879. The number of halogens is 1. The molecule has 128 valence electrons. The fourth-order valence-electron chi connectivity index (χ4n) is 2.55.